The van der Waals surface area contributed by atoms with Gasteiger partial charge in [-0.05, 0) is 50.4 Å². The molecule has 292 valence electrons. The average Bonchev–Trinajstić information content (AvgIpc) is 3.10. The van der Waals surface area contributed by atoms with Crippen molar-refractivity contribution in [3.8, 4) is 0 Å². The van der Waals surface area contributed by atoms with Gasteiger partial charge in [0.05, 0.1) is 13.2 Å². The van der Waals surface area contributed by atoms with E-state index >= 15 is 0 Å². The first-order valence-electron chi connectivity index (χ1n) is 22.4. The van der Waals surface area contributed by atoms with Gasteiger partial charge in [-0.25, -0.2) is 0 Å². The normalized spacial score (nSPS) is 11.6. The standard InChI is InChI=1S/C45H88O4/c1-5-9-13-28-34-42(35-29-14-10-6-2)40-48-44(46)38-32-26-24-22-20-18-17-19-21-23-25-27-33-39-45(47)49-41-43(36-30-15-11-7-3)37-31-16-12-8-4/h42-43H,5-41H2,1-4H3. The summed E-state index contributed by atoms with van der Waals surface area (Å²) in [6.07, 6.45) is 42.8. The van der Waals surface area contributed by atoms with Crippen LogP contribution in [0.15, 0.2) is 0 Å². The lowest BCUT2D eigenvalue weighted by molar-refractivity contribution is -0.146. The van der Waals surface area contributed by atoms with Crippen molar-refractivity contribution < 1.29 is 19.1 Å². The highest BCUT2D eigenvalue weighted by Crippen LogP contribution is 2.21. The molecule has 0 amide bonds. The number of carbonyl (C=O) groups is 2. The predicted molar refractivity (Wildman–Crippen MR) is 213 cm³/mol. The molecule has 0 unspecified atom stereocenters. The predicted octanol–water partition coefficient (Wildman–Crippen LogP) is 15.0. The first-order chi connectivity index (χ1) is 24.1. The van der Waals surface area contributed by atoms with Crippen LogP contribution in [-0.2, 0) is 19.1 Å². The Kier molecular flexibility index (Phi) is 38.9. The molecule has 0 aromatic heterocycles. The van der Waals surface area contributed by atoms with E-state index < -0.39 is 0 Å². The van der Waals surface area contributed by atoms with Crippen LogP contribution in [-0.4, -0.2) is 25.2 Å². The Balaban J connectivity index is 3.70. The zero-order valence-electron chi connectivity index (χ0n) is 34.0. The number of hydrogen-bond donors (Lipinski definition) is 0. The second-order valence-corrected chi connectivity index (χ2v) is 15.6. The van der Waals surface area contributed by atoms with Crippen LogP contribution in [0.5, 0.6) is 0 Å². The second-order valence-electron chi connectivity index (χ2n) is 15.6. The molecule has 4 heteroatoms. The Hall–Kier alpha value is -1.06. The van der Waals surface area contributed by atoms with Gasteiger partial charge < -0.3 is 9.47 Å². The smallest absolute Gasteiger partial charge is 0.305 e. The molecule has 0 aromatic rings. The third-order valence-corrected chi connectivity index (χ3v) is 10.6. The summed E-state index contributed by atoms with van der Waals surface area (Å²) in [4.78, 5) is 24.7. The Bertz CT molecular complexity index is 597. The van der Waals surface area contributed by atoms with Gasteiger partial charge in [0.1, 0.15) is 0 Å². The lowest BCUT2D eigenvalue weighted by atomic mass is 9.95. The van der Waals surface area contributed by atoms with E-state index in [-0.39, 0.29) is 11.9 Å². The number of hydrogen-bond acceptors (Lipinski definition) is 4. The van der Waals surface area contributed by atoms with Crippen molar-refractivity contribution in [2.75, 3.05) is 13.2 Å². The van der Waals surface area contributed by atoms with Crippen molar-refractivity contribution in [2.45, 2.75) is 252 Å². The molecule has 0 spiro atoms. The van der Waals surface area contributed by atoms with Crippen molar-refractivity contribution in [3.05, 3.63) is 0 Å². The molecular weight excluding hydrogens is 604 g/mol. The van der Waals surface area contributed by atoms with Gasteiger partial charge in [-0.1, -0.05) is 201 Å². The van der Waals surface area contributed by atoms with Gasteiger partial charge in [-0.2, -0.15) is 0 Å². The molecule has 0 N–H and O–H groups in total. The highest BCUT2D eigenvalue weighted by Gasteiger charge is 2.13. The van der Waals surface area contributed by atoms with E-state index in [2.05, 4.69) is 27.7 Å². The van der Waals surface area contributed by atoms with E-state index in [0.717, 1.165) is 25.7 Å². The largest absolute Gasteiger partial charge is 0.465 e. The molecule has 0 atom stereocenters. The van der Waals surface area contributed by atoms with Crippen molar-refractivity contribution in [3.63, 3.8) is 0 Å². The first-order valence-corrected chi connectivity index (χ1v) is 22.4. The maximum Gasteiger partial charge on any atom is 0.305 e. The van der Waals surface area contributed by atoms with Crippen LogP contribution in [0.4, 0.5) is 0 Å². The van der Waals surface area contributed by atoms with Crippen LogP contribution in [0.1, 0.15) is 252 Å². The van der Waals surface area contributed by atoms with Crippen LogP contribution in [0, 0.1) is 11.8 Å². The quantitative estimate of drug-likeness (QED) is 0.0474. The lowest BCUT2D eigenvalue weighted by Gasteiger charge is -2.17. The Labute approximate surface area is 307 Å². The maximum atomic E-state index is 12.3. The Morgan fingerprint density at radius 3 is 0.796 bits per heavy atom. The van der Waals surface area contributed by atoms with E-state index in [1.54, 1.807) is 0 Å². The fourth-order valence-electron chi connectivity index (χ4n) is 7.11. The van der Waals surface area contributed by atoms with Gasteiger partial charge >= 0.3 is 11.9 Å². The zero-order valence-corrected chi connectivity index (χ0v) is 34.0. The summed E-state index contributed by atoms with van der Waals surface area (Å²) in [5.41, 5.74) is 0. The molecular formula is C45H88O4. The summed E-state index contributed by atoms with van der Waals surface area (Å²) in [7, 11) is 0. The zero-order chi connectivity index (χ0) is 35.9. The van der Waals surface area contributed by atoms with E-state index in [1.165, 1.54) is 186 Å². The van der Waals surface area contributed by atoms with E-state index in [4.69, 9.17) is 9.47 Å². The van der Waals surface area contributed by atoms with Crippen LogP contribution in [0.3, 0.4) is 0 Å². The van der Waals surface area contributed by atoms with Crippen molar-refractivity contribution in [1.82, 2.24) is 0 Å². The van der Waals surface area contributed by atoms with Gasteiger partial charge in [-0.3, -0.25) is 9.59 Å². The summed E-state index contributed by atoms with van der Waals surface area (Å²) in [6, 6.07) is 0. The SMILES string of the molecule is CCCCCCC(CCCCCC)COC(=O)CCCCCCCCCCCCCCCC(=O)OCC(CCCCCC)CCCCCC. The van der Waals surface area contributed by atoms with Crippen molar-refractivity contribution >= 4 is 11.9 Å². The van der Waals surface area contributed by atoms with Crippen LogP contribution in [0.25, 0.3) is 0 Å². The third kappa shape index (κ3) is 36.5. The number of unbranched alkanes of at least 4 members (excludes halogenated alkanes) is 24. The van der Waals surface area contributed by atoms with Crippen LogP contribution < -0.4 is 0 Å². The van der Waals surface area contributed by atoms with Gasteiger partial charge in [0.15, 0.2) is 0 Å². The highest BCUT2D eigenvalue weighted by molar-refractivity contribution is 5.69. The summed E-state index contributed by atoms with van der Waals surface area (Å²) in [5.74, 6) is 1.17. The third-order valence-electron chi connectivity index (χ3n) is 10.6. The minimum absolute atomic E-state index is 0.0252. The molecule has 0 aromatic carbocycles. The lowest BCUT2D eigenvalue weighted by Crippen LogP contribution is -2.14. The molecule has 0 radical (unpaired) electrons. The summed E-state index contributed by atoms with van der Waals surface area (Å²) >= 11 is 0. The topological polar surface area (TPSA) is 52.6 Å². The molecule has 0 aliphatic carbocycles. The monoisotopic (exact) mass is 693 g/mol. The van der Waals surface area contributed by atoms with E-state index in [9.17, 15) is 9.59 Å². The molecule has 0 saturated carbocycles. The number of rotatable bonds is 40. The molecule has 0 saturated heterocycles. The van der Waals surface area contributed by atoms with Crippen molar-refractivity contribution in [2.24, 2.45) is 11.8 Å². The van der Waals surface area contributed by atoms with Crippen molar-refractivity contribution in [1.29, 1.82) is 0 Å². The molecule has 0 aliphatic rings. The van der Waals surface area contributed by atoms with Gasteiger partial charge in [0, 0.05) is 12.8 Å². The summed E-state index contributed by atoms with van der Waals surface area (Å²) in [6.45, 7) is 10.3. The minimum atomic E-state index is 0.0252. The Morgan fingerprint density at radius 2 is 0.551 bits per heavy atom. The molecule has 0 heterocycles. The number of carbonyl (C=O) groups excluding carboxylic acids is 2. The number of esters is 2. The molecule has 4 nitrogen and oxygen atoms in total. The van der Waals surface area contributed by atoms with Gasteiger partial charge in [0.25, 0.3) is 0 Å². The molecule has 49 heavy (non-hydrogen) atoms. The molecule has 0 aliphatic heterocycles. The van der Waals surface area contributed by atoms with E-state index in [0.29, 0.717) is 37.9 Å². The summed E-state index contributed by atoms with van der Waals surface area (Å²) in [5, 5.41) is 0. The first kappa shape index (κ1) is 47.9. The van der Waals surface area contributed by atoms with Gasteiger partial charge in [-0.15, -0.1) is 0 Å². The van der Waals surface area contributed by atoms with Gasteiger partial charge in [0.2, 0.25) is 0 Å². The summed E-state index contributed by atoms with van der Waals surface area (Å²) < 4.78 is 11.5. The molecule has 0 fully saturated rings. The minimum Gasteiger partial charge on any atom is -0.465 e. The van der Waals surface area contributed by atoms with Crippen LogP contribution >= 0.6 is 0 Å². The fourth-order valence-corrected chi connectivity index (χ4v) is 7.11. The number of ether oxygens (including phenoxy) is 2. The van der Waals surface area contributed by atoms with E-state index in [1.807, 2.05) is 0 Å². The molecule has 0 bridgehead atoms. The maximum absolute atomic E-state index is 12.3. The Morgan fingerprint density at radius 1 is 0.327 bits per heavy atom. The van der Waals surface area contributed by atoms with Crippen LogP contribution in [0.2, 0.25) is 0 Å². The molecule has 0 rings (SSSR count). The second kappa shape index (κ2) is 39.7. The fraction of sp³-hybridized carbons (Fsp3) is 0.956. The highest BCUT2D eigenvalue weighted by atomic mass is 16.5. The average molecular weight is 693 g/mol.